The Labute approximate surface area is 77.5 Å². The van der Waals surface area contributed by atoms with E-state index in [1.54, 1.807) is 0 Å². The number of aromatic nitrogens is 1. The van der Waals surface area contributed by atoms with Crippen LogP contribution in [0.1, 0.15) is 0 Å². The summed E-state index contributed by atoms with van der Waals surface area (Å²) < 4.78 is 0. The second-order valence-electron chi connectivity index (χ2n) is 3.07. The Morgan fingerprint density at radius 2 is 1.77 bits per heavy atom. The molecule has 0 saturated carbocycles. The summed E-state index contributed by atoms with van der Waals surface area (Å²) in [6.45, 7) is 0. The molecule has 0 aliphatic heterocycles. The van der Waals surface area contributed by atoms with E-state index in [0.29, 0.717) is 0 Å². The Morgan fingerprint density at radius 1 is 0.923 bits per heavy atom. The number of rotatable bonds is 0. The fraction of sp³-hybridized carbons (Fsp3) is 0. The second kappa shape index (κ2) is 2.58. The van der Waals surface area contributed by atoms with Crippen molar-refractivity contribution in [3.05, 3.63) is 42.6 Å². The number of fused-ring (bicyclic) bond motifs is 3. The molecule has 0 radical (unpaired) electrons. The van der Waals surface area contributed by atoms with Crippen LogP contribution in [0.15, 0.2) is 42.6 Å². The molecular weight excluding hydrogens is 177 g/mol. The molecule has 0 aliphatic rings. The van der Waals surface area contributed by atoms with Crippen molar-refractivity contribution in [1.82, 2.24) is 4.98 Å². The molecule has 2 heteroatoms. The highest BCUT2D eigenvalue weighted by atomic mass is 31.0. The molecule has 3 rings (SSSR count). The first-order chi connectivity index (χ1) is 6.45. The lowest BCUT2D eigenvalue weighted by atomic mass is 10.2. The predicted octanol–water partition coefficient (Wildman–Crippen LogP) is 3.42. The Morgan fingerprint density at radius 3 is 2.77 bits per heavy atom. The van der Waals surface area contributed by atoms with Gasteiger partial charge < -0.3 is 0 Å². The van der Waals surface area contributed by atoms with E-state index in [9.17, 15) is 0 Å². The van der Waals surface area contributed by atoms with Gasteiger partial charge in [0.1, 0.15) is 0 Å². The van der Waals surface area contributed by atoms with E-state index in [0.717, 1.165) is 8.19 Å². The molecule has 3 aromatic rings. The molecule has 1 nitrogen and oxygen atoms in total. The minimum Gasteiger partial charge on any atom is -0.255 e. The molecule has 2 aromatic heterocycles. The van der Waals surface area contributed by atoms with E-state index in [4.69, 9.17) is 0 Å². The van der Waals surface area contributed by atoms with Crippen molar-refractivity contribution < 1.29 is 0 Å². The monoisotopic (exact) mass is 185 g/mol. The molecule has 2 heterocycles. The summed E-state index contributed by atoms with van der Waals surface area (Å²) in [5.74, 6) is 0. The number of hydrogen-bond acceptors (Lipinski definition) is 1. The highest BCUT2D eigenvalue weighted by molar-refractivity contribution is 7.43. The summed E-state index contributed by atoms with van der Waals surface area (Å²) in [6.07, 6.45) is 1.87. The van der Waals surface area contributed by atoms with Gasteiger partial charge in [-0.25, -0.2) is 0 Å². The Bertz CT molecular complexity index is 518. The van der Waals surface area contributed by atoms with Crippen molar-refractivity contribution in [2.45, 2.75) is 0 Å². The van der Waals surface area contributed by atoms with Gasteiger partial charge in [-0.3, -0.25) is 4.98 Å². The highest BCUT2D eigenvalue weighted by Crippen LogP contribution is 2.35. The van der Waals surface area contributed by atoms with Crippen molar-refractivity contribution in [2.24, 2.45) is 0 Å². The fourth-order valence-corrected chi connectivity index (χ4v) is 2.97. The summed E-state index contributed by atoms with van der Waals surface area (Å²) in [4.78, 5) is 4.41. The molecule has 0 saturated heterocycles. The van der Waals surface area contributed by atoms with Crippen LogP contribution in [0.5, 0.6) is 0 Å². The van der Waals surface area contributed by atoms with Gasteiger partial charge in [-0.05, 0) is 12.1 Å². The van der Waals surface area contributed by atoms with Crippen molar-refractivity contribution in [3.8, 4) is 0 Å². The third-order valence-corrected chi connectivity index (χ3v) is 3.64. The van der Waals surface area contributed by atoms with E-state index in [1.807, 2.05) is 12.3 Å². The quantitative estimate of drug-likeness (QED) is 0.523. The normalized spacial score (nSPS) is 11.7. The Hall–Kier alpha value is -1.33. The topological polar surface area (TPSA) is 12.9 Å². The molecule has 1 atom stereocenters. The van der Waals surface area contributed by atoms with E-state index >= 15 is 0 Å². The van der Waals surface area contributed by atoms with Crippen molar-refractivity contribution >= 4 is 29.3 Å². The third kappa shape index (κ3) is 0.976. The molecule has 1 aromatic carbocycles. The van der Waals surface area contributed by atoms with Crippen LogP contribution in [-0.2, 0) is 0 Å². The largest absolute Gasteiger partial charge is 0.255 e. The average Bonchev–Trinajstić information content (AvgIpc) is 2.56. The van der Waals surface area contributed by atoms with Crippen molar-refractivity contribution in [2.75, 3.05) is 0 Å². The summed E-state index contributed by atoms with van der Waals surface area (Å²) in [7, 11) is 0.788. The van der Waals surface area contributed by atoms with Crippen LogP contribution in [0.3, 0.4) is 0 Å². The van der Waals surface area contributed by atoms with Gasteiger partial charge in [0.25, 0.3) is 0 Å². The van der Waals surface area contributed by atoms with Gasteiger partial charge in [-0.15, -0.1) is 8.19 Å². The van der Waals surface area contributed by atoms with Gasteiger partial charge in [0, 0.05) is 21.8 Å². The molecular formula is C11H8NP. The first-order valence-electron chi connectivity index (χ1n) is 4.26. The van der Waals surface area contributed by atoms with E-state index in [-0.39, 0.29) is 0 Å². The molecule has 0 fully saturated rings. The molecule has 0 aliphatic carbocycles. The van der Waals surface area contributed by atoms with Crippen LogP contribution in [0.4, 0.5) is 0 Å². The first-order valence-corrected chi connectivity index (χ1v) is 5.26. The maximum absolute atomic E-state index is 4.41. The smallest absolute Gasteiger partial charge is 0.0820 e. The minimum atomic E-state index is 0.788. The SMILES string of the molecule is c1ccc2c(c1)[pH]c1cccnc12. The zero-order chi connectivity index (χ0) is 8.67. The van der Waals surface area contributed by atoms with E-state index in [2.05, 4.69) is 35.3 Å². The second-order valence-corrected chi connectivity index (χ2v) is 4.40. The van der Waals surface area contributed by atoms with Crippen LogP contribution in [0.25, 0.3) is 21.1 Å². The van der Waals surface area contributed by atoms with E-state index < -0.39 is 0 Å². The summed E-state index contributed by atoms with van der Waals surface area (Å²) in [5, 5.41) is 4.12. The molecule has 62 valence electrons. The number of nitrogens with zero attached hydrogens (tertiary/aromatic N) is 1. The average molecular weight is 185 g/mol. The molecule has 13 heavy (non-hydrogen) atoms. The van der Waals surface area contributed by atoms with Crippen molar-refractivity contribution in [1.29, 1.82) is 0 Å². The van der Waals surface area contributed by atoms with Crippen LogP contribution >= 0.6 is 8.19 Å². The van der Waals surface area contributed by atoms with Gasteiger partial charge in [0.05, 0.1) is 5.52 Å². The summed E-state index contributed by atoms with van der Waals surface area (Å²) in [5.41, 5.74) is 1.18. The molecule has 1 unspecified atom stereocenters. The fourth-order valence-electron chi connectivity index (χ4n) is 1.66. The first kappa shape index (κ1) is 7.11. The van der Waals surface area contributed by atoms with Gasteiger partial charge in [-0.1, -0.05) is 24.3 Å². The number of pyridine rings is 1. The maximum Gasteiger partial charge on any atom is 0.0820 e. The molecule has 0 N–H and O–H groups in total. The van der Waals surface area contributed by atoms with Crippen LogP contribution < -0.4 is 0 Å². The van der Waals surface area contributed by atoms with Gasteiger partial charge in [0.2, 0.25) is 0 Å². The standard InChI is InChI=1S/C11H8NP/c1-2-5-9-8(4-1)11-10(13-9)6-3-7-12-11/h1-7,13H. The maximum atomic E-state index is 4.41. The summed E-state index contributed by atoms with van der Waals surface area (Å²) >= 11 is 0. The Balaban J connectivity index is 2.64. The van der Waals surface area contributed by atoms with Crippen LogP contribution in [0, 0.1) is 0 Å². The Kier molecular flexibility index (Phi) is 1.41. The third-order valence-electron chi connectivity index (χ3n) is 2.26. The lowest BCUT2D eigenvalue weighted by Crippen LogP contribution is -1.69. The van der Waals surface area contributed by atoms with Gasteiger partial charge in [0.15, 0.2) is 0 Å². The zero-order valence-electron chi connectivity index (χ0n) is 6.99. The van der Waals surface area contributed by atoms with Crippen LogP contribution in [0.2, 0.25) is 0 Å². The predicted molar refractivity (Wildman–Crippen MR) is 58.8 cm³/mol. The summed E-state index contributed by atoms with van der Waals surface area (Å²) in [6, 6.07) is 12.7. The lowest BCUT2D eigenvalue weighted by molar-refractivity contribution is 1.44. The molecule has 0 bridgehead atoms. The van der Waals surface area contributed by atoms with Crippen molar-refractivity contribution in [3.63, 3.8) is 0 Å². The van der Waals surface area contributed by atoms with Gasteiger partial charge >= 0.3 is 0 Å². The van der Waals surface area contributed by atoms with E-state index in [1.165, 1.54) is 21.1 Å². The minimum absolute atomic E-state index is 0.788. The zero-order valence-corrected chi connectivity index (χ0v) is 7.99. The van der Waals surface area contributed by atoms with Crippen LogP contribution in [-0.4, -0.2) is 4.98 Å². The number of hydrogen-bond donors (Lipinski definition) is 0. The molecule has 0 spiro atoms. The molecule has 0 amide bonds. The highest BCUT2D eigenvalue weighted by Gasteiger charge is 2.01. The van der Waals surface area contributed by atoms with Gasteiger partial charge in [-0.2, -0.15) is 0 Å². The lowest BCUT2D eigenvalue weighted by Gasteiger charge is -1.88. The number of benzene rings is 1.